The maximum Gasteiger partial charge on any atom is 0.317 e. The molecule has 0 saturated heterocycles. The molecule has 0 atom stereocenters. The summed E-state index contributed by atoms with van der Waals surface area (Å²) in [6.07, 6.45) is 0.801. The molecule has 0 aliphatic heterocycles. The summed E-state index contributed by atoms with van der Waals surface area (Å²) in [7, 11) is 1.80. The van der Waals surface area contributed by atoms with Gasteiger partial charge in [-0.05, 0) is 46.5 Å². The highest BCUT2D eigenvalue weighted by atomic mass is 35.5. The number of thiophene rings is 1. The minimum atomic E-state index is -0.0508. The van der Waals surface area contributed by atoms with Crippen molar-refractivity contribution < 1.29 is 4.79 Å². The van der Waals surface area contributed by atoms with Gasteiger partial charge in [-0.2, -0.15) is 11.3 Å². The number of amides is 2. The molecule has 0 saturated carbocycles. The number of nitrogens with one attached hydrogen (secondary N) is 1. The monoisotopic (exact) mass is 308 g/mol. The van der Waals surface area contributed by atoms with Gasteiger partial charge in [0.05, 0.1) is 0 Å². The van der Waals surface area contributed by atoms with Crippen LogP contribution in [0, 0.1) is 0 Å². The Kier molecular flexibility index (Phi) is 5.44. The van der Waals surface area contributed by atoms with Crippen LogP contribution in [0.4, 0.5) is 4.79 Å². The number of halogens is 1. The zero-order chi connectivity index (χ0) is 14.4. The summed E-state index contributed by atoms with van der Waals surface area (Å²) in [5.41, 5.74) is 2.32. The molecule has 0 fully saturated rings. The number of hydrogen-bond acceptors (Lipinski definition) is 2. The van der Waals surface area contributed by atoms with Gasteiger partial charge in [0.25, 0.3) is 0 Å². The molecule has 0 unspecified atom stereocenters. The van der Waals surface area contributed by atoms with Crippen molar-refractivity contribution >= 4 is 29.0 Å². The van der Waals surface area contributed by atoms with Gasteiger partial charge in [0.1, 0.15) is 0 Å². The van der Waals surface area contributed by atoms with Gasteiger partial charge in [-0.25, -0.2) is 4.79 Å². The lowest BCUT2D eigenvalue weighted by molar-refractivity contribution is 0.207. The highest BCUT2D eigenvalue weighted by Gasteiger charge is 2.08. The minimum Gasteiger partial charge on any atom is -0.338 e. The molecule has 3 nitrogen and oxygen atoms in total. The van der Waals surface area contributed by atoms with Crippen LogP contribution < -0.4 is 5.32 Å². The van der Waals surface area contributed by atoms with Crippen molar-refractivity contribution in [2.24, 2.45) is 0 Å². The topological polar surface area (TPSA) is 32.3 Å². The molecule has 20 heavy (non-hydrogen) atoms. The van der Waals surface area contributed by atoms with Crippen molar-refractivity contribution in [2.75, 3.05) is 13.6 Å². The molecule has 1 N–H and O–H groups in total. The van der Waals surface area contributed by atoms with E-state index in [1.807, 2.05) is 35.7 Å². The van der Waals surface area contributed by atoms with Crippen LogP contribution in [0.5, 0.6) is 0 Å². The predicted molar refractivity (Wildman–Crippen MR) is 84.3 cm³/mol. The summed E-state index contributed by atoms with van der Waals surface area (Å²) in [5.74, 6) is 0. The summed E-state index contributed by atoms with van der Waals surface area (Å²) in [6, 6.07) is 9.66. The first-order valence-electron chi connectivity index (χ1n) is 6.39. The number of benzene rings is 1. The lowest BCUT2D eigenvalue weighted by Gasteiger charge is -2.17. The first-order valence-corrected chi connectivity index (χ1v) is 7.72. The van der Waals surface area contributed by atoms with Gasteiger partial charge in [0.15, 0.2) is 0 Å². The number of hydrogen-bond donors (Lipinski definition) is 1. The average Bonchev–Trinajstić information content (AvgIpc) is 2.93. The molecule has 0 bridgehead atoms. The molecule has 1 aromatic carbocycles. The number of carbonyl (C=O) groups excluding carboxylic acids is 1. The van der Waals surface area contributed by atoms with Crippen molar-refractivity contribution in [2.45, 2.75) is 13.0 Å². The van der Waals surface area contributed by atoms with E-state index < -0.39 is 0 Å². The maximum absolute atomic E-state index is 11.9. The fourth-order valence-corrected chi connectivity index (χ4v) is 2.61. The van der Waals surface area contributed by atoms with Gasteiger partial charge in [-0.3, -0.25) is 0 Å². The van der Waals surface area contributed by atoms with Crippen LogP contribution in [-0.4, -0.2) is 24.5 Å². The SMILES string of the molecule is CN(Cc1ccsc1)C(=O)NCCc1ccc(Cl)cc1. The lowest BCUT2D eigenvalue weighted by atomic mass is 10.1. The zero-order valence-electron chi connectivity index (χ0n) is 11.3. The number of rotatable bonds is 5. The third kappa shape index (κ3) is 4.54. The van der Waals surface area contributed by atoms with Crippen LogP contribution in [0.2, 0.25) is 5.02 Å². The Bertz CT molecular complexity index is 540. The third-order valence-corrected chi connectivity index (χ3v) is 3.93. The number of carbonyl (C=O) groups is 1. The third-order valence-electron chi connectivity index (χ3n) is 2.95. The van der Waals surface area contributed by atoms with Gasteiger partial charge in [-0.1, -0.05) is 23.7 Å². The van der Waals surface area contributed by atoms with Gasteiger partial charge in [-0.15, -0.1) is 0 Å². The minimum absolute atomic E-state index is 0.0508. The highest BCUT2D eigenvalue weighted by molar-refractivity contribution is 7.07. The van der Waals surface area contributed by atoms with E-state index in [0.29, 0.717) is 13.1 Å². The fourth-order valence-electron chi connectivity index (χ4n) is 1.83. The molecule has 106 valence electrons. The van der Waals surface area contributed by atoms with E-state index in [2.05, 4.69) is 10.7 Å². The van der Waals surface area contributed by atoms with E-state index >= 15 is 0 Å². The van der Waals surface area contributed by atoms with Gasteiger partial charge < -0.3 is 10.2 Å². The van der Waals surface area contributed by atoms with E-state index in [-0.39, 0.29) is 6.03 Å². The Morgan fingerprint density at radius 1 is 1.25 bits per heavy atom. The van der Waals surface area contributed by atoms with Crippen LogP contribution in [0.25, 0.3) is 0 Å². The van der Waals surface area contributed by atoms with Crippen molar-refractivity contribution in [3.63, 3.8) is 0 Å². The van der Waals surface area contributed by atoms with E-state index in [1.54, 1.807) is 23.3 Å². The normalized spacial score (nSPS) is 10.3. The van der Waals surface area contributed by atoms with Crippen molar-refractivity contribution in [3.8, 4) is 0 Å². The zero-order valence-corrected chi connectivity index (χ0v) is 12.9. The molecule has 1 heterocycles. The van der Waals surface area contributed by atoms with Crippen LogP contribution in [-0.2, 0) is 13.0 Å². The number of urea groups is 1. The standard InChI is InChI=1S/C15H17ClN2OS/c1-18(10-13-7-9-20-11-13)15(19)17-8-6-12-2-4-14(16)5-3-12/h2-5,7,9,11H,6,8,10H2,1H3,(H,17,19). The molecule has 5 heteroatoms. The quantitative estimate of drug-likeness (QED) is 0.895. The van der Waals surface area contributed by atoms with Crippen LogP contribution in [0.3, 0.4) is 0 Å². The van der Waals surface area contributed by atoms with E-state index in [4.69, 9.17) is 11.6 Å². The Balaban J connectivity index is 1.73. The van der Waals surface area contributed by atoms with E-state index in [9.17, 15) is 4.79 Å². The summed E-state index contributed by atoms with van der Waals surface area (Å²) >= 11 is 7.47. The average molecular weight is 309 g/mol. The second-order valence-corrected chi connectivity index (χ2v) is 5.81. The fraction of sp³-hybridized carbons (Fsp3) is 0.267. The Morgan fingerprint density at radius 2 is 2.00 bits per heavy atom. The lowest BCUT2D eigenvalue weighted by Crippen LogP contribution is -2.37. The highest BCUT2D eigenvalue weighted by Crippen LogP contribution is 2.10. The number of nitrogens with zero attached hydrogens (tertiary/aromatic N) is 1. The second-order valence-electron chi connectivity index (χ2n) is 4.60. The molecule has 0 aliphatic rings. The molecule has 0 radical (unpaired) electrons. The molecule has 1 aromatic heterocycles. The van der Waals surface area contributed by atoms with Gasteiger partial charge in [0.2, 0.25) is 0 Å². The molecule has 2 rings (SSSR count). The summed E-state index contributed by atoms with van der Waals surface area (Å²) in [6.45, 7) is 1.25. The van der Waals surface area contributed by atoms with Crippen molar-refractivity contribution in [1.29, 1.82) is 0 Å². The smallest absolute Gasteiger partial charge is 0.317 e. The molecule has 0 spiro atoms. The van der Waals surface area contributed by atoms with Crippen molar-refractivity contribution in [1.82, 2.24) is 10.2 Å². The van der Waals surface area contributed by atoms with Crippen molar-refractivity contribution in [3.05, 3.63) is 57.2 Å². The molecular weight excluding hydrogens is 292 g/mol. The van der Waals surface area contributed by atoms with E-state index in [0.717, 1.165) is 22.6 Å². The van der Waals surface area contributed by atoms with Crippen LogP contribution in [0.1, 0.15) is 11.1 Å². The Labute approximate surface area is 128 Å². The van der Waals surface area contributed by atoms with E-state index in [1.165, 1.54) is 0 Å². The maximum atomic E-state index is 11.9. The molecular formula is C15H17ClN2OS. The first kappa shape index (κ1) is 14.9. The summed E-state index contributed by atoms with van der Waals surface area (Å²) in [4.78, 5) is 13.6. The molecule has 2 amide bonds. The van der Waals surface area contributed by atoms with Crippen LogP contribution >= 0.6 is 22.9 Å². The Morgan fingerprint density at radius 3 is 2.65 bits per heavy atom. The second kappa shape index (κ2) is 7.31. The Hall–Kier alpha value is -1.52. The molecule has 0 aliphatic carbocycles. The van der Waals surface area contributed by atoms with Gasteiger partial charge in [0, 0.05) is 25.2 Å². The largest absolute Gasteiger partial charge is 0.338 e. The first-order chi connectivity index (χ1) is 9.65. The summed E-state index contributed by atoms with van der Waals surface area (Å²) in [5, 5.41) is 7.71. The van der Waals surface area contributed by atoms with Gasteiger partial charge >= 0.3 is 6.03 Å². The van der Waals surface area contributed by atoms with Crippen LogP contribution in [0.15, 0.2) is 41.1 Å². The predicted octanol–water partition coefficient (Wildman–Crippen LogP) is 3.79. The summed E-state index contributed by atoms with van der Waals surface area (Å²) < 4.78 is 0. The molecule has 2 aromatic rings.